The number of halogens is 1. The zero-order valence-electron chi connectivity index (χ0n) is 17.3. The number of anilines is 2. The van der Waals surface area contributed by atoms with E-state index >= 15 is 0 Å². The largest absolute Gasteiger partial charge is 0.497 e. The van der Waals surface area contributed by atoms with Crippen molar-refractivity contribution in [2.45, 2.75) is 13.0 Å². The van der Waals surface area contributed by atoms with E-state index in [1.807, 2.05) is 0 Å². The fourth-order valence-electron chi connectivity index (χ4n) is 3.63. The molecule has 0 spiro atoms. The molecule has 162 valence electrons. The molecule has 0 N–H and O–H groups in total. The van der Waals surface area contributed by atoms with Gasteiger partial charge in [-0.3, -0.25) is 9.10 Å². The summed E-state index contributed by atoms with van der Waals surface area (Å²) in [6, 6.07) is 11.9. The third kappa shape index (κ3) is 4.84. The molecule has 0 saturated carbocycles. The van der Waals surface area contributed by atoms with E-state index in [1.165, 1.54) is 19.2 Å². The second kappa shape index (κ2) is 8.91. The standard InChI is InChI=1S/C21H26FN3O4S/c1-16(25(30(3,27)28)19-8-10-20(29-2)11-9-19)21(26)24-14-12-23(13-15-24)18-6-4-17(22)5-7-18/h4-11,16H,12-15H2,1-3H3/t16-/m1/s1. The minimum atomic E-state index is -3.68. The molecular formula is C21H26FN3O4S. The van der Waals surface area contributed by atoms with E-state index in [0.717, 1.165) is 16.2 Å². The summed E-state index contributed by atoms with van der Waals surface area (Å²) >= 11 is 0. The molecular weight excluding hydrogens is 409 g/mol. The van der Waals surface area contributed by atoms with Crippen LogP contribution < -0.4 is 13.9 Å². The molecule has 1 amide bonds. The zero-order chi connectivity index (χ0) is 21.9. The van der Waals surface area contributed by atoms with Gasteiger partial charge in [0, 0.05) is 31.9 Å². The number of sulfonamides is 1. The van der Waals surface area contributed by atoms with E-state index in [2.05, 4.69) is 4.90 Å². The number of carbonyl (C=O) groups is 1. The van der Waals surface area contributed by atoms with Crippen LogP contribution in [0.3, 0.4) is 0 Å². The first-order chi connectivity index (χ1) is 14.2. The van der Waals surface area contributed by atoms with Crippen LogP contribution in [0.15, 0.2) is 48.5 Å². The number of hydrogen-bond donors (Lipinski definition) is 0. The highest BCUT2D eigenvalue weighted by atomic mass is 32.2. The third-order valence-corrected chi connectivity index (χ3v) is 6.42. The molecule has 1 aliphatic heterocycles. The maximum atomic E-state index is 13.1. The van der Waals surface area contributed by atoms with Crippen LogP contribution in [0.1, 0.15) is 6.92 Å². The quantitative estimate of drug-likeness (QED) is 0.697. The van der Waals surface area contributed by atoms with Crippen molar-refractivity contribution >= 4 is 27.3 Å². The molecule has 1 atom stereocenters. The lowest BCUT2D eigenvalue weighted by Crippen LogP contribution is -2.55. The minimum absolute atomic E-state index is 0.255. The van der Waals surface area contributed by atoms with Crippen LogP contribution in [-0.2, 0) is 14.8 Å². The van der Waals surface area contributed by atoms with E-state index in [1.54, 1.807) is 48.2 Å². The summed E-state index contributed by atoms with van der Waals surface area (Å²) in [7, 11) is -2.15. The summed E-state index contributed by atoms with van der Waals surface area (Å²) in [6.07, 6.45) is 1.09. The number of ether oxygens (including phenoxy) is 1. The Morgan fingerprint density at radius 3 is 2.10 bits per heavy atom. The van der Waals surface area contributed by atoms with Crippen molar-refractivity contribution in [3.8, 4) is 5.75 Å². The molecule has 0 bridgehead atoms. The molecule has 0 radical (unpaired) electrons. The van der Waals surface area contributed by atoms with Crippen molar-refractivity contribution in [3.05, 3.63) is 54.3 Å². The van der Waals surface area contributed by atoms with Gasteiger partial charge in [0.05, 0.1) is 19.1 Å². The molecule has 0 unspecified atom stereocenters. The van der Waals surface area contributed by atoms with Crippen molar-refractivity contribution in [1.82, 2.24) is 4.90 Å². The van der Waals surface area contributed by atoms with Gasteiger partial charge in [-0.1, -0.05) is 0 Å². The van der Waals surface area contributed by atoms with Crippen LogP contribution >= 0.6 is 0 Å². The van der Waals surface area contributed by atoms with E-state index in [4.69, 9.17) is 4.74 Å². The smallest absolute Gasteiger partial charge is 0.246 e. The molecule has 0 aromatic heterocycles. The minimum Gasteiger partial charge on any atom is -0.497 e. The van der Waals surface area contributed by atoms with Gasteiger partial charge in [-0.05, 0) is 55.5 Å². The Kier molecular flexibility index (Phi) is 6.50. The third-order valence-electron chi connectivity index (χ3n) is 5.18. The van der Waals surface area contributed by atoms with Gasteiger partial charge in [0.1, 0.15) is 17.6 Å². The second-order valence-electron chi connectivity index (χ2n) is 7.22. The van der Waals surface area contributed by atoms with Crippen LogP contribution in [-0.4, -0.2) is 64.8 Å². The maximum absolute atomic E-state index is 13.1. The predicted molar refractivity (Wildman–Crippen MR) is 115 cm³/mol. The van der Waals surface area contributed by atoms with E-state index < -0.39 is 16.1 Å². The number of piperazine rings is 1. The van der Waals surface area contributed by atoms with Crippen molar-refractivity contribution in [3.63, 3.8) is 0 Å². The molecule has 30 heavy (non-hydrogen) atoms. The Hall–Kier alpha value is -2.81. The number of nitrogens with zero attached hydrogens (tertiary/aromatic N) is 3. The highest BCUT2D eigenvalue weighted by molar-refractivity contribution is 7.92. The Morgan fingerprint density at radius 2 is 1.60 bits per heavy atom. The van der Waals surface area contributed by atoms with E-state index in [-0.39, 0.29) is 11.7 Å². The number of benzene rings is 2. The zero-order valence-corrected chi connectivity index (χ0v) is 18.1. The topological polar surface area (TPSA) is 70.2 Å². The van der Waals surface area contributed by atoms with Crippen molar-refractivity contribution in [1.29, 1.82) is 0 Å². The van der Waals surface area contributed by atoms with Gasteiger partial charge in [0.2, 0.25) is 15.9 Å². The van der Waals surface area contributed by atoms with Gasteiger partial charge in [0.25, 0.3) is 0 Å². The van der Waals surface area contributed by atoms with Crippen LogP contribution in [0.2, 0.25) is 0 Å². The van der Waals surface area contributed by atoms with Crippen LogP contribution in [0.4, 0.5) is 15.8 Å². The lowest BCUT2D eigenvalue weighted by Gasteiger charge is -2.39. The Balaban J connectivity index is 1.71. The summed E-state index contributed by atoms with van der Waals surface area (Å²) in [6.45, 7) is 3.69. The molecule has 1 fully saturated rings. The summed E-state index contributed by atoms with van der Waals surface area (Å²) < 4.78 is 44.3. The Morgan fingerprint density at radius 1 is 1.03 bits per heavy atom. The number of amides is 1. The molecule has 1 aliphatic rings. The summed E-state index contributed by atoms with van der Waals surface area (Å²) in [4.78, 5) is 16.8. The molecule has 2 aromatic carbocycles. The average Bonchev–Trinajstić information content (AvgIpc) is 2.73. The fraction of sp³-hybridized carbons (Fsp3) is 0.381. The number of hydrogen-bond acceptors (Lipinski definition) is 5. The summed E-state index contributed by atoms with van der Waals surface area (Å²) in [5.41, 5.74) is 1.30. The number of methoxy groups -OCH3 is 1. The summed E-state index contributed by atoms with van der Waals surface area (Å²) in [5.74, 6) is 0.0545. The van der Waals surface area contributed by atoms with Crippen molar-refractivity contribution in [2.75, 3.05) is 48.7 Å². The second-order valence-corrected chi connectivity index (χ2v) is 9.08. The van der Waals surface area contributed by atoms with Crippen LogP contribution in [0, 0.1) is 5.82 Å². The normalized spacial score (nSPS) is 15.6. The number of rotatable bonds is 6. The average molecular weight is 436 g/mol. The van der Waals surface area contributed by atoms with Gasteiger partial charge in [-0.2, -0.15) is 0 Å². The van der Waals surface area contributed by atoms with E-state index in [0.29, 0.717) is 37.6 Å². The first kappa shape index (κ1) is 21.9. The molecule has 2 aromatic rings. The highest BCUT2D eigenvalue weighted by Crippen LogP contribution is 2.25. The molecule has 1 saturated heterocycles. The molecule has 1 heterocycles. The predicted octanol–water partition coefficient (Wildman–Crippen LogP) is 2.34. The number of carbonyl (C=O) groups excluding carboxylic acids is 1. The van der Waals surface area contributed by atoms with Gasteiger partial charge in [-0.25, -0.2) is 12.8 Å². The van der Waals surface area contributed by atoms with Gasteiger partial charge < -0.3 is 14.5 Å². The Labute approximate surface area is 176 Å². The van der Waals surface area contributed by atoms with Crippen molar-refractivity contribution in [2.24, 2.45) is 0 Å². The first-order valence-corrected chi connectivity index (χ1v) is 11.5. The monoisotopic (exact) mass is 435 g/mol. The van der Waals surface area contributed by atoms with Crippen molar-refractivity contribution < 1.29 is 22.3 Å². The van der Waals surface area contributed by atoms with Gasteiger partial charge in [-0.15, -0.1) is 0 Å². The molecule has 9 heteroatoms. The van der Waals surface area contributed by atoms with Crippen LogP contribution in [0.5, 0.6) is 5.75 Å². The SMILES string of the molecule is COc1ccc(N([C@H](C)C(=O)N2CCN(c3ccc(F)cc3)CC2)S(C)(=O)=O)cc1. The maximum Gasteiger partial charge on any atom is 0.246 e. The first-order valence-electron chi connectivity index (χ1n) is 9.63. The molecule has 0 aliphatic carbocycles. The fourth-order valence-corrected chi connectivity index (χ4v) is 4.80. The van der Waals surface area contributed by atoms with Gasteiger partial charge in [0.15, 0.2) is 0 Å². The lowest BCUT2D eigenvalue weighted by atomic mass is 10.2. The van der Waals surface area contributed by atoms with Crippen LogP contribution in [0.25, 0.3) is 0 Å². The molecule has 3 rings (SSSR count). The highest BCUT2D eigenvalue weighted by Gasteiger charge is 2.33. The lowest BCUT2D eigenvalue weighted by molar-refractivity contribution is -0.132. The Bertz CT molecular complexity index is 972. The summed E-state index contributed by atoms with van der Waals surface area (Å²) in [5, 5.41) is 0. The van der Waals surface area contributed by atoms with Gasteiger partial charge >= 0.3 is 0 Å². The van der Waals surface area contributed by atoms with E-state index in [9.17, 15) is 17.6 Å². The molecule has 7 nitrogen and oxygen atoms in total.